The molecule has 1 aliphatic rings. The quantitative estimate of drug-likeness (QED) is 0.658. The minimum atomic E-state index is -1.29. The van der Waals surface area contributed by atoms with Gasteiger partial charge in [-0.3, -0.25) is 0 Å². The van der Waals surface area contributed by atoms with E-state index in [2.05, 4.69) is 6.55 Å². The Labute approximate surface area is 89.0 Å². The molecule has 0 aliphatic heterocycles. The fourth-order valence-corrected chi connectivity index (χ4v) is 6.41. The molecule has 0 aromatic rings. The normalized spacial score (nSPS) is 19.9. The minimum absolute atomic E-state index is 0.927. The minimum Gasteiger partial charge on any atom is -0.388 e. The SMILES string of the molecule is COC[Si](C)(COC)C1CCCCC1. The zero-order valence-corrected chi connectivity index (χ0v) is 10.8. The summed E-state index contributed by atoms with van der Waals surface area (Å²) in [5.74, 6) is 0. The monoisotopic (exact) mass is 216 g/mol. The van der Waals surface area contributed by atoms with Gasteiger partial charge in [0.25, 0.3) is 0 Å². The summed E-state index contributed by atoms with van der Waals surface area (Å²) in [6.07, 6.45) is 9.02. The Hall–Kier alpha value is 0.137. The molecule has 0 radical (unpaired) electrons. The summed E-state index contributed by atoms with van der Waals surface area (Å²) in [5, 5.41) is 0. The Kier molecular flexibility index (Phi) is 5.13. The van der Waals surface area contributed by atoms with E-state index < -0.39 is 8.07 Å². The first-order valence-corrected chi connectivity index (χ1v) is 8.70. The molecule has 1 saturated carbocycles. The van der Waals surface area contributed by atoms with Crippen molar-refractivity contribution in [3.05, 3.63) is 0 Å². The summed E-state index contributed by atoms with van der Waals surface area (Å²) in [6, 6.07) is 0. The maximum absolute atomic E-state index is 5.39. The number of hydrogen-bond donors (Lipinski definition) is 0. The van der Waals surface area contributed by atoms with Gasteiger partial charge in [-0.2, -0.15) is 0 Å². The molecule has 0 aromatic heterocycles. The lowest BCUT2D eigenvalue weighted by Crippen LogP contribution is -2.47. The lowest BCUT2D eigenvalue weighted by Gasteiger charge is -2.37. The highest BCUT2D eigenvalue weighted by molar-refractivity contribution is 6.80. The standard InChI is InChI=1S/C11H24O2Si/c1-12-9-14(3,10-13-2)11-7-5-4-6-8-11/h11H,4-10H2,1-3H3. The molecular formula is C11H24O2Si. The van der Waals surface area contributed by atoms with E-state index in [-0.39, 0.29) is 0 Å². The highest BCUT2D eigenvalue weighted by Crippen LogP contribution is 2.37. The molecule has 0 amide bonds. The van der Waals surface area contributed by atoms with Crippen LogP contribution in [0, 0.1) is 0 Å². The van der Waals surface area contributed by atoms with Crippen molar-refractivity contribution in [2.75, 3.05) is 26.7 Å². The van der Waals surface area contributed by atoms with Crippen molar-refractivity contribution in [3.63, 3.8) is 0 Å². The molecule has 0 bridgehead atoms. The first-order valence-electron chi connectivity index (χ1n) is 5.71. The lowest BCUT2D eigenvalue weighted by molar-refractivity contribution is 0.211. The number of rotatable bonds is 5. The maximum Gasteiger partial charge on any atom is 0.113 e. The van der Waals surface area contributed by atoms with Gasteiger partial charge in [0, 0.05) is 26.7 Å². The van der Waals surface area contributed by atoms with E-state index in [0.29, 0.717) is 0 Å². The molecule has 0 unspecified atom stereocenters. The zero-order valence-electron chi connectivity index (χ0n) is 9.84. The number of methoxy groups -OCH3 is 2. The van der Waals surface area contributed by atoms with E-state index in [9.17, 15) is 0 Å². The van der Waals surface area contributed by atoms with E-state index in [1.54, 1.807) is 0 Å². The van der Waals surface area contributed by atoms with E-state index in [4.69, 9.17) is 9.47 Å². The van der Waals surface area contributed by atoms with Crippen LogP contribution in [0.2, 0.25) is 12.1 Å². The molecule has 14 heavy (non-hydrogen) atoms. The van der Waals surface area contributed by atoms with E-state index >= 15 is 0 Å². The molecule has 1 aliphatic carbocycles. The topological polar surface area (TPSA) is 18.5 Å². The van der Waals surface area contributed by atoms with E-state index in [0.717, 1.165) is 18.0 Å². The summed E-state index contributed by atoms with van der Waals surface area (Å²) < 4.78 is 10.8. The molecule has 0 atom stereocenters. The first-order chi connectivity index (χ1) is 6.73. The molecule has 0 heterocycles. The zero-order chi connectivity index (χ0) is 10.4. The van der Waals surface area contributed by atoms with Gasteiger partial charge in [0.05, 0.1) is 0 Å². The molecule has 0 saturated heterocycles. The maximum atomic E-state index is 5.39. The summed E-state index contributed by atoms with van der Waals surface area (Å²) >= 11 is 0. The molecule has 3 heteroatoms. The van der Waals surface area contributed by atoms with Crippen LogP contribution in [0.4, 0.5) is 0 Å². The van der Waals surface area contributed by atoms with Gasteiger partial charge < -0.3 is 9.47 Å². The fraction of sp³-hybridized carbons (Fsp3) is 1.00. The Morgan fingerprint density at radius 2 is 1.50 bits per heavy atom. The Morgan fingerprint density at radius 3 is 1.93 bits per heavy atom. The van der Waals surface area contributed by atoms with Crippen molar-refractivity contribution >= 4 is 8.07 Å². The molecule has 84 valence electrons. The van der Waals surface area contributed by atoms with Gasteiger partial charge in [-0.1, -0.05) is 38.7 Å². The predicted octanol–water partition coefficient (Wildman–Crippen LogP) is 2.77. The van der Waals surface area contributed by atoms with Crippen LogP contribution >= 0.6 is 0 Å². The number of hydrogen-bond acceptors (Lipinski definition) is 2. The fourth-order valence-electron chi connectivity index (χ4n) is 2.74. The van der Waals surface area contributed by atoms with Crippen molar-refractivity contribution in [2.45, 2.75) is 44.2 Å². The smallest absolute Gasteiger partial charge is 0.113 e. The number of ether oxygens (including phenoxy) is 2. The van der Waals surface area contributed by atoms with Crippen LogP contribution in [0.15, 0.2) is 0 Å². The second-order valence-corrected chi connectivity index (χ2v) is 9.56. The van der Waals surface area contributed by atoms with Gasteiger partial charge in [0.2, 0.25) is 0 Å². The van der Waals surface area contributed by atoms with Gasteiger partial charge in [-0.15, -0.1) is 0 Å². The van der Waals surface area contributed by atoms with Crippen LogP contribution in [0.3, 0.4) is 0 Å². The predicted molar refractivity (Wildman–Crippen MR) is 62.2 cm³/mol. The first kappa shape index (κ1) is 12.2. The summed E-state index contributed by atoms with van der Waals surface area (Å²) in [6.45, 7) is 2.44. The third kappa shape index (κ3) is 3.07. The molecule has 0 aromatic carbocycles. The van der Waals surface area contributed by atoms with E-state index in [1.165, 1.54) is 32.1 Å². The van der Waals surface area contributed by atoms with Gasteiger partial charge in [0.15, 0.2) is 0 Å². The third-order valence-electron chi connectivity index (χ3n) is 3.54. The lowest BCUT2D eigenvalue weighted by atomic mass is 10.0. The summed E-state index contributed by atoms with van der Waals surface area (Å²) in [5.41, 5.74) is 0.927. The Balaban J connectivity index is 2.54. The second kappa shape index (κ2) is 5.88. The largest absolute Gasteiger partial charge is 0.388 e. The van der Waals surface area contributed by atoms with Crippen molar-refractivity contribution in [1.82, 2.24) is 0 Å². The third-order valence-corrected chi connectivity index (χ3v) is 7.98. The van der Waals surface area contributed by atoms with Crippen LogP contribution in [0.1, 0.15) is 32.1 Å². The van der Waals surface area contributed by atoms with E-state index in [1.807, 2.05) is 14.2 Å². The van der Waals surface area contributed by atoms with Crippen LogP contribution < -0.4 is 0 Å². The van der Waals surface area contributed by atoms with Crippen molar-refractivity contribution in [1.29, 1.82) is 0 Å². The van der Waals surface area contributed by atoms with Gasteiger partial charge in [0.1, 0.15) is 8.07 Å². The average Bonchev–Trinajstić information content (AvgIpc) is 2.20. The average molecular weight is 216 g/mol. The summed E-state index contributed by atoms with van der Waals surface area (Å²) in [4.78, 5) is 0. The van der Waals surface area contributed by atoms with Crippen LogP contribution in [-0.2, 0) is 9.47 Å². The van der Waals surface area contributed by atoms with Crippen molar-refractivity contribution < 1.29 is 9.47 Å². The molecule has 2 nitrogen and oxygen atoms in total. The second-order valence-electron chi connectivity index (χ2n) is 4.85. The highest BCUT2D eigenvalue weighted by Gasteiger charge is 2.37. The molecular weight excluding hydrogens is 192 g/mol. The van der Waals surface area contributed by atoms with Crippen LogP contribution in [0.25, 0.3) is 0 Å². The molecule has 0 N–H and O–H groups in total. The van der Waals surface area contributed by atoms with Crippen LogP contribution in [-0.4, -0.2) is 34.8 Å². The van der Waals surface area contributed by atoms with Crippen molar-refractivity contribution in [2.24, 2.45) is 0 Å². The Bertz CT molecular complexity index is 149. The highest BCUT2D eigenvalue weighted by atomic mass is 28.3. The van der Waals surface area contributed by atoms with Gasteiger partial charge in [-0.05, 0) is 5.54 Å². The summed E-state index contributed by atoms with van der Waals surface area (Å²) in [7, 11) is 2.35. The van der Waals surface area contributed by atoms with Gasteiger partial charge >= 0.3 is 0 Å². The molecule has 1 fully saturated rings. The molecule has 0 spiro atoms. The van der Waals surface area contributed by atoms with Gasteiger partial charge in [-0.25, -0.2) is 0 Å². The van der Waals surface area contributed by atoms with Crippen LogP contribution in [0.5, 0.6) is 0 Å². The molecule has 1 rings (SSSR count). The Morgan fingerprint density at radius 1 is 1.00 bits per heavy atom. The van der Waals surface area contributed by atoms with Crippen molar-refractivity contribution in [3.8, 4) is 0 Å².